The van der Waals surface area contributed by atoms with Crippen LogP contribution in [0.2, 0.25) is 0 Å². The van der Waals surface area contributed by atoms with E-state index in [0.29, 0.717) is 13.2 Å². The van der Waals surface area contributed by atoms with E-state index in [1.165, 1.54) is 35.1 Å². The van der Waals surface area contributed by atoms with Gasteiger partial charge >= 0.3 is 12.1 Å². The van der Waals surface area contributed by atoms with Crippen molar-refractivity contribution in [3.05, 3.63) is 59.7 Å². The first-order valence-electron chi connectivity index (χ1n) is 12.0. The molecule has 0 radical (unpaired) electrons. The molecule has 1 amide bonds. The first-order chi connectivity index (χ1) is 16.2. The number of fused-ring (bicyclic) bond motifs is 3. The molecule has 33 heavy (non-hydrogen) atoms. The minimum Gasteiger partial charge on any atom is -0.481 e. The fraction of sp³-hybridized carbons (Fsp3) is 0.481. The number of carbonyl (C=O) groups excluding carboxylic acids is 1. The van der Waals surface area contributed by atoms with Crippen molar-refractivity contribution >= 4 is 12.1 Å². The summed E-state index contributed by atoms with van der Waals surface area (Å²) in [6.45, 7) is 2.91. The van der Waals surface area contributed by atoms with E-state index in [2.05, 4.69) is 29.6 Å². The minimum atomic E-state index is -0.739. The molecule has 0 saturated carbocycles. The van der Waals surface area contributed by atoms with Gasteiger partial charge in [0.25, 0.3) is 0 Å². The molecule has 178 valence electrons. The predicted molar refractivity (Wildman–Crippen MR) is 128 cm³/mol. The Bertz CT molecular complexity index is 840. The number of nitrogens with one attached hydrogen (secondary N) is 1. The van der Waals surface area contributed by atoms with Crippen LogP contribution in [-0.4, -0.2) is 43.5 Å². The van der Waals surface area contributed by atoms with Crippen molar-refractivity contribution in [2.24, 2.45) is 0 Å². The first-order valence-corrected chi connectivity index (χ1v) is 12.0. The lowest BCUT2D eigenvalue weighted by molar-refractivity contribution is -0.137. The van der Waals surface area contributed by atoms with Crippen LogP contribution in [0.3, 0.4) is 0 Å². The lowest BCUT2D eigenvalue weighted by Crippen LogP contribution is -2.27. The molecule has 4 rings (SSSR count). The number of alkyl carbamates (subject to hydrolysis) is 1. The van der Waals surface area contributed by atoms with E-state index in [0.717, 1.165) is 45.3 Å². The molecule has 0 unspecified atom stereocenters. The Morgan fingerprint density at radius 1 is 0.879 bits per heavy atom. The molecule has 0 atom stereocenters. The summed E-state index contributed by atoms with van der Waals surface area (Å²) in [6, 6.07) is 16.6. The molecular formula is C27H35NO5. The molecule has 1 aliphatic carbocycles. The largest absolute Gasteiger partial charge is 0.481 e. The van der Waals surface area contributed by atoms with Gasteiger partial charge in [-0.2, -0.15) is 0 Å². The summed E-state index contributed by atoms with van der Waals surface area (Å²) in [7, 11) is 0. The zero-order valence-corrected chi connectivity index (χ0v) is 19.3. The fourth-order valence-electron chi connectivity index (χ4n) is 4.28. The van der Waals surface area contributed by atoms with Gasteiger partial charge in [0, 0.05) is 32.1 Å². The zero-order chi connectivity index (χ0) is 23.3. The average molecular weight is 454 g/mol. The van der Waals surface area contributed by atoms with E-state index in [4.69, 9.17) is 14.6 Å². The topological polar surface area (TPSA) is 84.9 Å². The molecule has 6 nitrogen and oxygen atoms in total. The summed E-state index contributed by atoms with van der Waals surface area (Å²) in [5.41, 5.74) is 4.85. The summed E-state index contributed by atoms with van der Waals surface area (Å²) >= 11 is 0. The van der Waals surface area contributed by atoms with Gasteiger partial charge in [-0.05, 0) is 47.9 Å². The second kappa shape index (κ2) is 13.6. The average Bonchev–Trinajstić information content (AvgIpc) is 3.50. The van der Waals surface area contributed by atoms with E-state index < -0.39 is 5.97 Å². The molecule has 1 aliphatic heterocycles. The molecular weight excluding hydrogens is 418 g/mol. The summed E-state index contributed by atoms with van der Waals surface area (Å²) in [4.78, 5) is 22.5. The minimum absolute atomic E-state index is 0.0763. The number of amides is 1. The van der Waals surface area contributed by atoms with Gasteiger partial charge in [0.1, 0.15) is 6.61 Å². The van der Waals surface area contributed by atoms with Crippen LogP contribution in [0, 0.1) is 0 Å². The summed E-state index contributed by atoms with van der Waals surface area (Å²) < 4.78 is 10.4. The van der Waals surface area contributed by atoms with Gasteiger partial charge in [-0.25, -0.2) is 4.79 Å². The second-order valence-corrected chi connectivity index (χ2v) is 8.48. The van der Waals surface area contributed by atoms with E-state index >= 15 is 0 Å². The zero-order valence-electron chi connectivity index (χ0n) is 19.3. The maximum Gasteiger partial charge on any atom is 0.407 e. The van der Waals surface area contributed by atoms with Gasteiger partial charge < -0.3 is 19.9 Å². The normalized spacial score (nSPS) is 14.1. The Labute approximate surface area is 196 Å². The molecule has 1 fully saturated rings. The number of rotatable bonds is 10. The third kappa shape index (κ3) is 7.90. The van der Waals surface area contributed by atoms with Crippen LogP contribution in [0.5, 0.6) is 0 Å². The van der Waals surface area contributed by atoms with E-state index in [-0.39, 0.29) is 18.4 Å². The number of hydrogen-bond acceptors (Lipinski definition) is 4. The van der Waals surface area contributed by atoms with Gasteiger partial charge in [-0.3, -0.25) is 4.79 Å². The first kappa shape index (κ1) is 24.8. The van der Waals surface area contributed by atoms with Gasteiger partial charge in [0.05, 0.1) is 0 Å². The van der Waals surface area contributed by atoms with E-state index in [9.17, 15) is 9.59 Å². The molecule has 2 aromatic carbocycles. The predicted octanol–water partition coefficient (Wildman–Crippen LogP) is 5.75. The van der Waals surface area contributed by atoms with Crippen molar-refractivity contribution in [3.63, 3.8) is 0 Å². The van der Waals surface area contributed by atoms with Gasteiger partial charge in [0.15, 0.2) is 0 Å². The number of carboxylic acid groups (broad SMARTS) is 1. The standard InChI is InChI=1S/C23H27NO4.C4H8O/c25-22(26)14-4-2-1-3-9-15-24-23(27)28-16-21-19-12-7-5-10-17(19)18-11-6-8-13-20(18)21;1-2-4-5-3-1/h5-8,10-13,21H,1-4,9,14-16H2,(H,24,27)(H,25,26);1-4H2. The van der Waals surface area contributed by atoms with Crippen molar-refractivity contribution in [2.45, 2.75) is 57.3 Å². The molecule has 2 N–H and O–H groups in total. The number of aliphatic carboxylic acids is 1. The number of unbranched alkanes of at least 4 members (excludes halogenated alkanes) is 4. The van der Waals surface area contributed by atoms with Crippen molar-refractivity contribution in [3.8, 4) is 11.1 Å². The highest BCUT2D eigenvalue weighted by molar-refractivity contribution is 5.79. The molecule has 0 bridgehead atoms. The third-order valence-electron chi connectivity index (χ3n) is 6.01. The number of hydrogen-bond donors (Lipinski definition) is 2. The second-order valence-electron chi connectivity index (χ2n) is 8.48. The molecule has 6 heteroatoms. The van der Waals surface area contributed by atoms with Crippen LogP contribution in [0.15, 0.2) is 48.5 Å². The van der Waals surface area contributed by atoms with Crippen LogP contribution in [0.25, 0.3) is 11.1 Å². The van der Waals surface area contributed by atoms with Crippen molar-refractivity contribution in [1.29, 1.82) is 0 Å². The van der Waals surface area contributed by atoms with Crippen molar-refractivity contribution < 1.29 is 24.2 Å². The van der Waals surface area contributed by atoms with Crippen molar-refractivity contribution in [2.75, 3.05) is 26.4 Å². The Morgan fingerprint density at radius 3 is 2.03 bits per heavy atom. The SMILES string of the molecule is C1CCOC1.O=C(O)CCCCCCCNC(=O)OCC1c2ccccc2-c2ccccc21. The Balaban J connectivity index is 0.000000541. The number of carbonyl (C=O) groups is 2. The molecule has 2 aliphatic rings. The van der Waals surface area contributed by atoms with E-state index in [1.807, 2.05) is 24.3 Å². The lowest BCUT2D eigenvalue weighted by atomic mass is 9.98. The Hall–Kier alpha value is -2.86. The number of ether oxygens (including phenoxy) is 2. The van der Waals surface area contributed by atoms with Crippen LogP contribution in [-0.2, 0) is 14.3 Å². The molecule has 2 aromatic rings. The van der Waals surface area contributed by atoms with Gasteiger partial charge in [0.2, 0.25) is 0 Å². The molecule has 0 spiro atoms. The van der Waals surface area contributed by atoms with Crippen LogP contribution in [0.4, 0.5) is 4.79 Å². The number of benzene rings is 2. The molecule has 1 heterocycles. The Kier molecular flexibility index (Phi) is 10.2. The number of carboxylic acids is 1. The van der Waals surface area contributed by atoms with Crippen LogP contribution >= 0.6 is 0 Å². The highest BCUT2D eigenvalue weighted by Crippen LogP contribution is 2.44. The van der Waals surface area contributed by atoms with E-state index in [1.54, 1.807) is 0 Å². The van der Waals surface area contributed by atoms with Gasteiger partial charge in [-0.15, -0.1) is 0 Å². The lowest BCUT2D eigenvalue weighted by Gasteiger charge is -2.14. The third-order valence-corrected chi connectivity index (χ3v) is 6.01. The molecule has 1 saturated heterocycles. The van der Waals surface area contributed by atoms with Gasteiger partial charge in [-0.1, -0.05) is 67.8 Å². The van der Waals surface area contributed by atoms with Crippen molar-refractivity contribution in [1.82, 2.24) is 5.32 Å². The fourth-order valence-corrected chi connectivity index (χ4v) is 4.28. The highest BCUT2D eigenvalue weighted by Gasteiger charge is 2.28. The van der Waals surface area contributed by atoms with Crippen LogP contribution in [0.1, 0.15) is 68.4 Å². The smallest absolute Gasteiger partial charge is 0.407 e. The Morgan fingerprint density at radius 2 is 1.45 bits per heavy atom. The summed E-state index contributed by atoms with van der Waals surface area (Å²) in [5.74, 6) is -0.663. The summed E-state index contributed by atoms with van der Waals surface area (Å²) in [6.07, 6.45) is 6.87. The maximum atomic E-state index is 12.0. The monoisotopic (exact) mass is 453 g/mol. The quantitative estimate of drug-likeness (QED) is 0.448. The summed E-state index contributed by atoms with van der Waals surface area (Å²) in [5, 5.41) is 11.4. The highest BCUT2D eigenvalue weighted by atomic mass is 16.5. The molecule has 0 aromatic heterocycles. The van der Waals surface area contributed by atoms with Crippen LogP contribution < -0.4 is 5.32 Å². The maximum absolute atomic E-state index is 12.0.